The summed E-state index contributed by atoms with van der Waals surface area (Å²) in [7, 11) is 3.31. The quantitative estimate of drug-likeness (QED) is 0.862. The Kier molecular flexibility index (Phi) is 3.84. The van der Waals surface area contributed by atoms with Gasteiger partial charge in [-0.2, -0.15) is 0 Å². The molecule has 0 fully saturated rings. The van der Waals surface area contributed by atoms with Gasteiger partial charge in [0.15, 0.2) is 5.69 Å². The van der Waals surface area contributed by atoms with Crippen molar-refractivity contribution in [1.29, 1.82) is 0 Å². The molecule has 0 aliphatic rings. The first kappa shape index (κ1) is 13.8. The van der Waals surface area contributed by atoms with Gasteiger partial charge in [0, 0.05) is 31.4 Å². The molecule has 2 aromatic rings. The van der Waals surface area contributed by atoms with E-state index in [1.165, 1.54) is 4.90 Å². The fourth-order valence-electron chi connectivity index (χ4n) is 1.57. The number of amides is 1. The topological polar surface area (TPSA) is 81.3 Å². The van der Waals surface area contributed by atoms with Crippen molar-refractivity contribution in [2.24, 2.45) is 0 Å². The van der Waals surface area contributed by atoms with E-state index in [0.717, 1.165) is 5.56 Å². The van der Waals surface area contributed by atoms with Gasteiger partial charge in [0.1, 0.15) is 5.75 Å². The Morgan fingerprint density at radius 1 is 1.20 bits per heavy atom. The van der Waals surface area contributed by atoms with E-state index in [1.54, 1.807) is 44.4 Å². The number of nitrogens with zero attached hydrogens (tertiary/aromatic N) is 3. The highest BCUT2D eigenvalue weighted by Crippen LogP contribution is 2.26. The van der Waals surface area contributed by atoms with Crippen LogP contribution in [0.5, 0.6) is 11.6 Å². The van der Waals surface area contributed by atoms with Crippen LogP contribution >= 0.6 is 0 Å². The van der Waals surface area contributed by atoms with Crippen LogP contribution in [0.1, 0.15) is 16.1 Å². The number of nitrogens with two attached hydrogens (primary N) is 1. The van der Waals surface area contributed by atoms with Crippen molar-refractivity contribution in [3.63, 3.8) is 0 Å². The van der Waals surface area contributed by atoms with E-state index >= 15 is 0 Å². The zero-order chi connectivity index (χ0) is 14.7. The minimum atomic E-state index is -0.204. The number of anilines is 1. The second kappa shape index (κ2) is 5.56. The lowest BCUT2D eigenvalue weighted by Crippen LogP contribution is -2.23. The van der Waals surface area contributed by atoms with Gasteiger partial charge < -0.3 is 15.4 Å². The minimum Gasteiger partial charge on any atom is -0.437 e. The maximum atomic E-state index is 11.7. The lowest BCUT2D eigenvalue weighted by Gasteiger charge is -2.10. The first-order valence-corrected chi connectivity index (χ1v) is 6.07. The molecular formula is C14H16N4O2. The summed E-state index contributed by atoms with van der Waals surface area (Å²) in [5.74, 6) is 0.726. The molecule has 0 saturated carbocycles. The highest BCUT2D eigenvalue weighted by atomic mass is 16.5. The third kappa shape index (κ3) is 2.85. The largest absolute Gasteiger partial charge is 0.437 e. The molecule has 1 amide bonds. The average molecular weight is 272 g/mol. The summed E-state index contributed by atoms with van der Waals surface area (Å²) in [6, 6.07) is 8.58. The lowest BCUT2D eigenvalue weighted by molar-refractivity contribution is 0.0820. The van der Waals surface area contributed by atoms with E-state index in [0.29, 0.717) is 17.3 Å². The fourth-order valence-corrected chi connectivity index (χ4v) is 1.57. The van der Waals surface area contributed by atoms with E-state index in [2.05, 4.69) is 10.2 Å². The molecule has 0 spiro atoms. The third-order valence-corrected chi connectivity index (χ3v) is 2.81. The van der Waals surface area contributed by atoms with Crippen molar-refractivity contribution in [2.75, 3.05) is 19.8 Å². The van der Waals surface area contributed by atoms with Crippen molar-refractivity contribution in [3.8, 4) is 11.6 Å². The number of carbonyl (C=O) groups is 1. The van der Waals surface area contributed by atoms with Gasteiger partial charge in [-0.25, -0.2) is 0 Å². The van der Waals surface area contributed by atoms with Crippen LogP contribution in [-0.2, 0) is 0 Å². The first-order valence-electron chi connectivity index (χ1n) is 6.07. The fraction of sp³-hybridized carbons (Fsp3) is 0.214. The molecule has 0 bridgehead atoms. The van der Waals surface area contributed by atoms with Gasteiger partial charge in [0.25, 0.3) is 5.91 Å². The second-order valence-electron chi connectivity index (χ2n) is 4.53. The Morgan fingerprint density at radius 3 is 2.55 bits per heavy atom. The highest BCUT2D eigenvalue weighted by Gasteiger charge is 2.11. The SMILES string of the molecule is Cc1c(N)cccc1Oc1ccc(C(=O)N(C)C)nn1. The standard InChI is InChI=1S/C14H16N4O2/c1-9-10(15)5-4-6-12(9)20-13-8-7-11(16-17-13)14(19)18(2)3/h4-8H,15H2,1-3H3. The van der Waals surface area contributed by atoms with Crippen LogP contribution in [0.2, 0.25) is 0 Å². The van der Waals surface area contributed by atoms with Crippen LogP contribution < -0.4 is 10.5 Å². The molecule has 0 aliphatic heterocycles. The number of nitrogen functional groups attached to an aromatic ring is 1. The molecule has 104 valence electrons. The molecule has 1 aromatic carbocycles. The summed E-state index contributed by atoms with van der Waals surface area (Å²) in [4.78, 5) is 13.1. The van der Waals surface area contributed by atoms with Crippen molar-refractivity contribution >= 4 is 11.6 Å². The average Bonchev–Trinajstić information content (AvgIpc) is 2.44. The van der Waals surface area contributed by atoms with Crippen LogP contribution in [0.3, 0.4) is 0 Å². The van der Waals surface area contributed by atoms with Crippen molar-refractivity contribution < 1.29 is 9.53 Å². The Balaban J connectivity index is 2.19. The Bertz CT molecular complexity index is 624. The molecule has 6 nitrogen and oxygen atoms in total. The van der Waals surface area contributed by atoms with E-state index in [9.17, 15) is 4.79 Å². The maximum Gasteiger partial charge on any atom is 0.273 e. The lowest BCUT2D eigenvalue weighted by atomic mass is 10.2. The number of hydrogen-bond donors (Lipinski definition) is 1. The monoisotopic (exact) mass is 272 g/mol. The van der Waals surface area contributed by atoms with Crippen LogP contribution in [0, 0.1) is 6.92 Å². The second-order valence-corrected chi connectivity index (χ2v) is 4.53. The number of benzene rings is 1. The van der Waals surface area contributed by atoms with Crippen LogP contribution in [0.15, 0.2) is 30.3 Å². The van der Waals surface area contributed by atoms with Gasteiger partial charge in [0.2, 0.25) is 5.88 Å². The molecule has 2 rings (SSSR count). The molecule has 0 aliphatic carbocycles. The van der Waals surface area contributed by atoms with Crippen LogP contribution in [-0.4, -0.2) is 35.1 Å². The maximum absolute atomic E-state index is 11.7. The zero-order valence-corrected chi connectivity index (χ0v) is 11.6. The number of carbonyl (C=O) groups excluding carboxylic acids is 1. The predicted octanol–water partition coefficient (Wildman–Crippen LogP) is 1.86. The summed E-state index contributed by atoms with van der Waals surface area (Å²) < 4.78 is 5.61. The summed E-state index contributed by atoms with van der Waals surface area (Å²) in [5.41, 5.74) is 7.56. The minimum absolute atomic E-state index is 0.204. The first-order chi connectivity index (χ1) is 9.49. The van der Waals surface area contributed by atoms with Gasteiger partial charge >= 0.3 is 0 Å². The van der Waals surface area contributed by atoms with Crippen molar-refractivity contribution in [3.05, 3.63) is 41.6 Å². The van der Waals surface area contributed by atoms with E-state index in [4.69, 9.17) is 10.5 Å². The van der Waals surface area contributed by atoms with Crippen LogP contribution in [0.4, 0.5) is 5.69 Å². The molecule has 0 unspecified atom stereocenters. The summed E-state index contributed by atoms with van der Waals surface area (Å²) in [5, 5.41) is 7.74. The van der Waals surface area contributed by atoms with E-state index < -0.39 is 0 Å². The smallest absolute Gasteiger partial charge is 0.273 e. The van der Waals surface area contributed by atoms with Crippen LogP contribution in [0.25, 0.3) is 0 Å². The van der Waals surface area contributed by atoms with Crippen molar-refractivity contribution in [1.82, 2.24) is 15.1 Å². The Labute approximate surface area is 117 Å². The number of ether oxygens (including phenoxy) is 1. The van der Waals surface area contributed by atoms with E-state index in [-0.39, 0.29) is 11.6 Å². The molecular weight excluding hydrogens is 256 g/mol. The summed E-state index contributed by atoms with van der Waals surface area (Å²) in [6.45, 7) is 1.86. The normalized spacial score (nSPS) is 10.2. The van der Waals surface area contributed by atoms with Gasteiger partial charge in [-0.15, -0.1) is 10.2 Å². The Hall–Kier alpha value is -2.63. The third-order valence-electron chi connectivity index (χ3n) is 2.81. The Morgan fingerprint density at radius 2 is 1.95 bits per heavy atom. The van der Waals surface area contributed by atoms with Gasteiger partial charge in [-0.3, -0.25) is 4.79 Å². The van der Waals surface area contributed by atoms with E-state index in [1.807, 2.05) is 6.92 Å². The molecule has 2 N–H and O–H groups in total. The number of hydrogen-bond acceptors (Lipinski definition) is 5. The zero-order valence-electron chi connectivity index (χ0n) is 11.6. The molecule has 0 atom stereocenters. The molecule has 1 aromatic heterocycles. The molecule has 1 heterocycles. The molecule has 0 radical (unpaired) electrons. The van der Waals surface area contributed by atoms with Crippen molar-refractivity contribution in [2.45, 2.75) is 6.92 Å². The predicted molar refractivity (Wildman–Crippen MR) is 75.7 cm³/mol. The van der Waals surface area contributed by atoms with Gasteiger partial charge in [-0.1, -0.05) is 6.07 Å². The van der Waals surface area contributed by atoms with Gasteiger partial charge in [0.05, 0.1) is 0 Å². The molecule has 6 heteroatoms. The number of rotatable bonds is 3. The summed E-state index contributed by atoms with van der Waals surface area (Å²) in [6.07, 6.45) is 0. The molecule has 0 saturated heterocycles. The number of aromatic nitrogens is 2. The van der Waals surface area contributed by atoms with Gasteiger partial charge in [-0.05, 0) is 25.1 Å². The summed E-state index contributed by atoms with van der Waals surface area (Å²) >= 11 is 0. The highest BCUT2D eigenvalue weighted by molar-refractivity contribution is 5.91. The molecule has 20 heavy (non-hydrogen) atoms.